The van der Waals surface area contributed by atoms with Crippen LogP contribution in [0.4, 0.5) is 0 Å². The summed E-state index contributed by atoms with van der Waals surface area (Å²) in [6.07, 6.45) is 4.09. The molecule has 0 bridgehead atoms. The fourth-order valence-corrected chi connectivity index (χ4v) is 3.28. The van der Waals surface area contributed by atoms with Gasteiger partial charge in [0.1, 0.15) is 6.33 Å². The van der Waals surface area contributed by atoms with E-state index < -0.39 is 0 Å². The second kappa shape index (κ2) is 5.34. The number of H-pyrrole nitrogens is 1. The van der Waals surface area contributed by atoms with Gasteiger partial charge in [-0.3, -0.25) is 9.89 Å². The first-order valence-electron chi connectivity index (χ1n) is 6.97. The Labute approximate surface area is 130 Å². The fraction of sp³-hybridized carbons (Fsp3) is 0.200. The lowest BCUT2D eigenvalue weighted by atomic mass is 10.1. The highest BCUT2D eigenvalue weighted by molar-refractivity contribution is 7.13. The minimum atomic E-state index is -0.0615. The molecule has 0 radical (unpaired) electrons. The molecule has 4 heterocycles. The van der Waals surface area contributed by atoms with E-state index in [4.69, 9.17) is 0 Å². The van der Waals surface area contributed by atoms with Gasteiger partial charge >= 0.3 is 0 Å². The maximum Gasteiger partial charge on any atom is 0.274 e. The molecule has 3 aromatic heterocycles. The second-order valence-corrected chi connectivity index (χ2v) is 6.06. The molecule has 4 rings (SSSR count). The minimum absolute atomic E-state index is 0.0615. The zero-order chi connectivity index (χ0) is 14.9. The van der Waals surface area contributed by atoms with Gasteiger partial charge in [-0.05, 0) is 17.5 Å². The molecule has 0 atom stereocenters. The first-order chi connectivity index (χ1) is 10.8. The molecule has 7 heteroatoms. The van der Waals surface area contributed by atoms with Crippen molar-refractivity contribution in [2.24, 2.45) is 0 Å². The molecule has 6 nitrogen and oxygen atoms in total. The third kappa shape index (κ3) is 2.29. The molecule has 1 amide bonds. The summed E-state index contributed by atoms with van der Waals surface area (Å²) in [6.45, 7) is 1.19. The molecule has 1 aliphatic rings. The molecule has 3 aromatic rings. The van der Waals surface area contributed by atoms with E-state index in [1.807, 2.05) is 23.6 Å². The van der Waals surface area contributed by atoms with Gasteiger partial charge in [0.15, 0.2) is 5.69 Å². The standard InChI is InChI=1S/C15H13N5OS/c21-15(13-6-12(18-19-13)14-2-1-5-22-14)20-4-3-11-10(8-20)7-16-9-17-11/h1-2,5-7,9H,3-4,8H2,(H,18,19). The third-order valence-electron chi connectivity index (χ3n) is 3.73. The molecule has 0 fully saturated rings. The maximum atomic E-state index is 12.6. The van der Waals surface area contributed by atoms with Crippen LogP contribution in [-0.4, -0.2) is 37.5 Å². The van der Waals surface area contributed by atoms with Gasteiger partial charge < -0.3 is 4.90 Å². The highest BCUT2D eigenvalue weighted by Gasteiger charge is 2.24. The molecule has 0 aromatic carbocycles. The summed E-state index contributed by atoms with van der Waals surface area (Å²) in [5.41, 5.74) is 3.36. The monoisotopic (exact) mass is 311 g/mol. The van der Waals surface area contributed by atoms with Crippen LogP contribution >= 0.6 is 11.3 Å². The summed E-state index contributed by atoms with van der Waals surface area (Å²) >= 11 is 1.61. The number of carbonyl (C=O) groups excluding carboxylic acids is 1. The molecule has 0 saturated carbocycles. The highest BCUT2D eigenvalue weighted by Crippen LogP contribution is 2.24. The van der Waals surface area contributed by atoms with Crippen molar-refractivity contribution in [3.63, 3.8) is 0 Å². The number of rotatable bonds is 2. The lowest BCUT2D eigenvalue weighted by Crippen LogP contribution is -2.36. The number of nitrogens with one attached hydrogen (secondary N) is 1. The van der Waals surface area contributed by atoms with E-state index in [0.29, 0.717) is 18.8 Å². The quantitative estimate of drug-likeness (QED) is 0.786. The summed E-state index contributed by atoms with van der Waals surface area (Å²) in [6, 6.07) is 5.79. The Morgan fingerprint density at radius 3 is 3.23 bits per heavy atom. The topological polar surface area (TPSA) is 74.8 Å². The van der Waals surface area contributed by atoms with Crippen LogP contribution in [0, 0.1) is 0 Å². The van der Waals surface area contributed by atoms with Crippen LogP contribution in [0.15, 0.2) is 36.1 Å². The van der Waals surface area contributed by atoms with E-state index in [1.54, 1.807) is 28.8 Å². The summed E-state index contributed by atoms with van der Waals surface area (Å²) in [7, 11) is 0. The number of aromatic nitrogens is 4. The molecule has 0 saturated heterocycles. The Hall–Kier alpha value is -2.54. The molecule has 0 unspecified atom stereocenters. The number of thiophene rings is 1. The largest absolute Gasteiger partial charge is 0.332 e. The maximum absolute atomic E-state index is 12.6. The lowest BCUT2D eigenvalue weighted by molar-refractivity contribution is 0.0727. The van der Waals surface area contributed by atoms with Crippen molar-refractivity contribution in [2.45, 2.75) is 13.0 Å². The van der Waals surface area contributed by atoms with Crippen LogP contribution in [0.2, 0.25) is 0 Å². The van der Waals surface area contributed by atoms with E-state index in [9.17, 15) is 4.79 Å². The Kier molecular flexibility index (Phi) is 3.19. The third-order valence-corrected chi connectivity index (χ3v) is 4.63. The van der Waals surface area contributed by atoms with Crippen LogP contribution < -0.4 is 0 Å². The van der Waals surface area contributed by atoms with Crippen LogP contribution in [0.5, 0.6) is 0 Å². The summed E-state index contributed by atoms with van der Waals surface area (Å²) < 4.78 is 0. The van der Waals surface area contributed by atoms with Crippen LogP contribution in [-0.2, 0) is 13.0 Å². The first-order valence-corrected chi connectivity index (χ1v) is 7.85. The number of hydrogen-bond donors (Lipinski definition) is 1. The van der Waals surface area contributed by atoms with E-state index in [1.165, 1.54) is 0 Å². The van der Waals surface area contributed by atoms with Crippen molar-refractivity contribution < 1.29 is 4.79 Å². The molecular formula is C15H13N5OS. The number of fused-ring (bicyclic) bond motifs is 1. The molecular weight excluding hydrogens is 298 g/mol. The van der Waals surface area contributed by atoms with Crippen molar-refractivity contribution >= 4 is 17.2 Å². The molecule has 0 spiro atoms. The van der Waals surface area contributed by atoms with Crippen molar-refractivity contribution in [3.8, 4) is 10.6 Å². The number of hydrogen-bond acceptors (Lipinski definition) is 5. The van der Waals surface area contributed by atoms with E-state index in [-0.39, 0.29) is 5.91 Å². The summed E-state index contributed by atoms with van der Waals surface area (Å²) in [4.78, 5) is 23.8. The van der Waals surface area contributed by atoms with Crippen LogP contribution in [0.1, 0.15) is 21.7 Å². The first kappa shape index (κ1) is 13.1. The second-order valence-electron chi connectivity index (χ2n) is 5.12. The predicted octanol–water partition coefficient (Wildman–Crippen LogP) is 2.13. The van der Waals surface area contributed by atoms with E-state index in [2.05, 4.69) is 20.2 Å². The van der Waals surface area contributed by atoms with Gasteiger partial charge in [-0.15, -0.1) is 11.3 Å². The van der Waals surface area contributed by atoms with Gasteiger partial charge in [0.05, 0.1) is 16.3 Å². The smallest absolute Gasteiger partial charge is 0.274 e. The average Bonchev–Trinajstić information content (AvgIpc) is 3.24. The van der Waals surface area contributed by atoms with Gasteiger partial charge in [-0.2, -0.15) is 5.10 Å². The minimum Gasteiger partial charge on any atom is -0.332 e. The highest BCUT2D eigenvalue weighted by atomic mass is 32.1. The number of amides is 1. The van der Waals surface area contributed by atoms with Crippen LogP contribution in [0.25, 0.3) is 10.6 Å². The lowest BCUT2D eigenvalue weighted by Gasteiger charge is -2.27. The molecule has 1 aliphatic heterocycles. The zero-order valence-electron chi connectivity index (χ0n) is 11.7. The Morgan fingerprint density at radius 1 is 1.41 bits per heavy atom. The van der Waals surface area contributed by atoms with Gasteiger partial charge in [-0.25, -0.2) is 9.97 Å². The normalized spacial score (nSPS) is 13.9. The zero-order valence-corrected chi connectivity index (χ0v) is 12.5. The van der Waals surface area contributed by atoms with Crippen molar-refractivity contribution in [3.05, 3.63) is 53.1 Å². The van der Waals surface area contributed by atoms with Gasteiger partial charge in [-0.1, -0.05) is 6.07 Å². The van der Waals surface area contributed by atoms with Crippen molar-refractivity contribution in [1.82, 2.24) is 25.1 Å². The van der Waals surface area contributed by atoms with Gasteiger partial charge in [0, 0.05) is 31.3 Å². The number of nitrogens with zero attached hydrogens (tertiary/aromatic N) is 4. The Morgan fingerprint density at radius 2 is 2.36 bits per heavy atom. The van der Waals surface area contributed by atoms with Gasteiger partial charge in [0.25, 0.3) is 5.91 Å². The molecule has 0 aliphatic carbocycles. The van der Waals surface area contributed by atoms with Crippen molar-refractivity contribution in [1.29, 1.82) is 0 Å². The number of aromatic amines is 1. The van der Waals surface area contributed by atoms with E-state index >= 15 is 0 Å². The van der Waals surface area contributed by atoms with Crippen molar-refractivity contribution in [2.75, 3.05) is 6.54 Å². The van der Waals surface area contributed by atoms with Gasteiger partial charge in [0.2, 0.25) is 0 Å². The Balaban J connectivity index is 1.56. The summed E-state index contributed by atoms with van der Waals surface area (Å²) in [5, 5.41) is 9.10. The molecule has 1 N–H and O–H groups in total. The SMILES string of the molecule is O=C(c1cc(-c2cccs2)[nH]n1)N1CCc2ncncc2C1. The van der Waals surface area contributed by atoms with E-state index in [0.717, 1.165) is 28.2 Å². The molecule has 22 heavy (non-hydrogen) atoms. The van der Waals surface area contributed by atoms with Crippen LogP contribution in [0.3, 0.4) is 0 Å². The summed E-state index contributed by atoms with van der Waals surface area (Å²) in [5.74, 6) is -0.0615. The Bertz CT molecular complexity index is 811. The predicted molar refractivity (Wildman–Crippen MR) is 82.4 cm³/mol. The average molecular weight is 311 g/mol. The number of carbonyl (C=O) groups is 1. The molecule has 110 valence electrons. The fourth-order valence-electron chi connectivity index (χ4n) is 2.59.